The molecule has 0 aromatic carbocycles. The Morgan fingerprint density at radius 3 is 2.33 bits per heavy atom. The Labute approximate surface area is 127 Å². The van der Waals surface area contributed by atoms with Crippen molar-refractivity contribution < 1.29 is 9.47 Å². The average Bonchev–Trinajstić information content (AvgIpc) is 2.36. The van der Waals surface area contributed by atoms with E-state index in [2.05, 4.69) is 49.9 Å². The molecule has 2 unspecified atom stereocenters. The molecule has 0 aliphatic carbocycles. The zero-order valence-corrected chi connectivity index (χ0v) is 13.9. The summed E-state index contributed by atoms with van der Waals surface area (Å²) < 4.78 is 11.9. The lowest BCUT2D eigenvalue weighted by molar-refractivity contribution is -0.0730. The van der Waals surface area contributed by atoms with Gasteiger partial charge in [0.1, 0.15) is 17.7 Å². The van der Waals surface area contributed by atoms with Gasteiger partial charge in [0.05, 0.1) is 12.2 Å². The Morgan fingerprint density at radius 1 is 1.19 bits per heavy atom. The third-order valence-corrected chi connectivity index (χ3v) is 3.57. The molecular weight excluding hydrogens is 266 g/mol. The first-order valence-corrected chi connectivity index (χ1v) is 7.67. The van der Waals surface area contributed by atoms with Crippen LogP contribution in [0.3, 0.4) is 0 Å². The number of nitrogens with zero attached hydrogens (tertiary/aromatic N) is 2. The van der Waals surface area contributed by atoms with Gasteiger partial charge in [0.15, 0.2) is 0 Å². The van der Waals surface area contributed by atoms with Crippen LogP contribution in [0.25, 0.3) is 0 Å². The van der Waals surface area contributed by atoms with Gasteiger partial charge >= 0.3 is 0 Å². The molecule has 118 valence electrons. The SMILES string of the molecule is CNc1cc(OC2CC(C)OC(C)C2)nc(C(C)(C)C)n1. The maximum absolute atomic E-state index is 6.10. The lowest BCUT2D eigenvalue weighted by atomic mass is 9.96. The lowest BCUT2D eigenvalue weighted by Gasteiger charge is -2.32. The van der Waals surface area contributed by atoms with Crippen molar-refractivity contribution >= 4 is 5.82 Å². The van der Waals surface area contributed by atoms with Crippen molar-refractivity contribution in [3.8, 4) is 5.88 Å². The number of hydrogen-bond donors (Lipinski definition) is 1. The van der Waals surface area contributed by atoms with Crippen molar-refractivity contribution in [2.45, 2.75) is 71.2 Å². The summed E-state index contributed by atoms with van der Waals surface area (Å²) in [6.45, 7) is 10.5. The molecule has 2 atom stereocenters. The third kappa shape index (κ3) is 4.30. The summed E-state index contributed by atoms with van der Waals surface area (Å²) in [6, 6.07) is 1.86. The molecule has 0 radical (unpaired) electrons. The van der Waals surface area contributed by atoms with E-state index in [0.717, 1.165) is 24.5 Å². The predicted molar refractivity (Wildman–Crippen MR) is 83.9 cm³/mol. The molecule has 1 aliphatic rings. The minimum absolute atomic E-state index is 0.110. The Bertz CT molecular complexity index is 475. The lowest BCUT2D eigenvalue weighted by Crippen LogP contribution is -2.36. The average molecular weight is 293 g/mol. The third-order valence-electron chi connectivity index (χ3n) is 3.57. The second kappa shape index (κ2) is 6.18. The fraction of sp³-hybridized carbons (Fsp3) is 0.750. The zero-order chi connectivity index (χ0) is 15.6. The highest BCUT2D eigenvalue weighted by Gasteiger charge is 2.27. The van der Waals surface area contributed by atoms with Crippen molar-refractivity contribution in [3.63, 3.8) is 0 Å². The first kappa shape index (κ1) is 16.0. The molecule has 1 N–H and O–H groups in total. The Morgan fingerprint density at radius 2 is 1.81 bits per heavy atom. The molecule has 5 heteroatoms. The van der Waals surface area contributed by atoms with E-state index in [4.69, 9.17) is 9.47 Å². The van der Waals surface area contributed by atoms with Crippen LogP contribution in [0.4, 0.5) is 5.82 Å². The molecule has 2 heterocycles. The van der Waals surface area contributed by atoms with Gasteiger partial charge in [-0.25, -0.2) is 4.98 Å². The Hall–Kier alpha value is -1.36. The summed E-state index contributed by atoms with van der Waals surface area (Å²) in [6.07, 6.45) is 2.40. The number of aromatic nitrogens is 2. The Kier molecular flexibility index (Phi) is 4.71. The second-order valence-corrected chi connectivity index (χ2v) is 6.88. The van der Waals surface area contributed by atoms with Gasteiger partial charge in [0.25, 0.3) is 0 Å². The molecule has 1 aromatic heterocycles. The van der Waals surface area contributed by atoms with Crippen molar-refractivity contribution in [1.82, 2.24) is 9.97 Å². The summed E-state index contributed by atoms with van der Waals surface area (Å²) in [5.41, 5.74) is -0.110. The number of hydrogen-bond acceptors (Lipinski definition) is 5. The van der Waals surface area contributed by atoms with Crippen LogP contribution in [0.5, 0.6) is 5.88 Å². The maximum Gasteiger partial charge on any atom is 0.219 e. The monoisotopic (exact) mass is 293 g/mol. The van der Waals surface area contributed by atoms with Gasteiger partial charge in [-0.3, -0.25) is 0 Å². The summed E-state index contributed by atoms with van der Waals surface area (Å²) in [5, 5.41) is 3.08. The van der Waals surface area contributed by atoms with Gasteiger partial charge in [0.2, 0.25) is 5.88 Å². The minimum Gasteiger partial charge on any atom is -0.474 e. The van der Waals surface area contributed by atoms with E-state index in [9.17, 15) is 0 Å². The molecule has 1 fully saturated rings. The summed E-state index contributed by atoms with van der Waals surface area (Å²) in [4.78, 5) is 9.10. The van der Waals surface area contributed by atoms with E-state index < -0.39 is 0 Å². The summed E-state index contributed by atoms with van der Waals surface area (Å²) in [5.74, 6) is 2.22. The number of anilines is 1. The molecule has 21 heavy (non-hydrogen) atoms. The highest BCUT2D eigenvalue weighted by Crippen LogP contribution is 2.27. The Balaban J connectivity index is 2.19. The fourth-order valence-electron chi connectivity index (χ4n) is 2.56. The number of rotatable bonds is 3. The number of ether oxygens (including phenoxy) is 2. The second-order valence-electron chi connectivity index (χ2n) is 6.88. The molecule has 0 saturated carbocycles. The molecule has 1 aliphatic heterocycles. The van der Waals surface area contributed by atoms with Crippen LogP contribution in [0.15, 0.2) is 6.07 Å². The summed E-state index contributed by atoms with van der Waals surface area (Å²) >= 11 is 0. The highest BCUT2D eigenvalue weighted by molar-refractivity contribution is 5.38. The van der Waals surface area contributed by atoms with Gasteiger partial charge in [0, 0.05) is 31.4 Å². The maximum atomic E-state index is 6.10. The molecular formula is C16H27N3O2. The largest absolute Gasteiger partial charge is 0.474 e. The van der Waals surface area contributed by atoms with E-state index in [0.29, 0.717) is 5.88 Å². The number of nitrogens with one attached hydrogen (secondary N) is 1. The van der Waals surface area contributed by atoms with Crippen LogP contribution in [0.1, 0.15) is 53.3 Å². The van der Waals surface area contributed by atoms with Gasteiger partial charge in [-0.05, 0) is 13.8 Å². The zero-order valence-electron chi connectivity index (χ0n) is 13.9. The van der Waals surface area contributed by atoms with Gasteiger partial charge in [-0.2, -0.15) is 4.98 Å². The van der Waals surface area contributed by atoms with E-state index in [1.807, 2.05) is 13.1 Å². The van der Waals surface area contributed by atoms with Crippen LogP contribution in [0.2, 0.25) is 0 Å². The van der Waals surface area contributed by atoms with Crippen LogP contribution in [-0.4, -0.2) is 35.3 Å². The fourth-order valence-corrected chi connectivity index (χ4v) is 2.56. The molecule has 0 amide bonds. The highest BCUT2D eigenvalue weighted by atomic mass is 16.5. The quantitative estimate of drug-likeness (QED) is 0.927. The van der Waals surface area contributed by atoms with Gasteiger partial charge in [-0.1, -0.05) is 20.8 Å². The van der Waals surface area contributed by atoms with E-state index in [1.165, 1.54) is 0 Å². The smallest absolute Gasteiger partial charge is 0.219 e. The summed E-state index contributed by atoms with van der Waals surface area (Å²) in [7, 11) is 1.86. The van der Waals surface area contributed by atoms with Crippen molar-refractivity contribution in [3.05, 3.63) is 11.9 Å². The molecule has 0 bridgehead atoms. The van der Waals surface area contributed by atoms with Crippen LogP contribution in [-0.2, 0) is 10.2 Å². The van der Waals surface area contributed by atoms with Gasteiger partial charge < -0.3 is 14.8 Å². The topological polar surface area (TPSA) is 56.3 Å². The standard InChI is InChI=1S/C16H27N3O2/c1-10-7-12(8-11(2)20-10)21-14-9-13(17-6)18-15(19-14)16(3,4)5/h9-12H,7-8H2,1-6H3,(H,17,18,19). The minimum atomic E-state index is -0.110. The predicted octanol–water partition coefficient (Wildman–Crippen LogP) is 3.15. The molecule has 1 aromatic rings. The van der Waals surface area contributed by atoms with Crippen LogP contribution < -0.4 is 10.1 Å². The van der Waals surface area contributed by atoms with Crippen LogP contribution >= 0.6 is 0 Å². The van der Waals surface area contributed by atoms with Gasteiger partial charge in [-0.15, -0.1) is 0 Å². The van der Waals surface area contributed by atoms with Crippen LogP contribution in [0, 0.1) is 0 Å². The molecule has 5 nitrogen and oxygen atoms in total. The van der Waals surface area contributed by atoms with Crippen molar-refractivity contribution in [2.24, 2.45) is 0 Å². The van der Waals surface area contributed by atoms with Crippen molar-refractivity contribution in [1.29, 1.82) is 0 Å². The first-order chi connectivity index (χ1) is 9.77. The first-order valence-electron chi connectivity index (χ1n) is 7.67. The van der Waals surface area contributed by atoms with E-state index in [-0.39, 0.29) is 23.7 Å². The van der Waals surface area contributed by atoms with E-state index in [1.54, 1.807) is 0 Å². The molecule has 2 rings (SSSR count). The van der Waals surface area contributed by atoms with E-state index >= 15 is 0 Å². The van der Waals surface area contributed by atoms with Crippen molar-refractivity contribution in [2.75, 3.05) is 12.4 Å². The molecule has 0 spiro atoms. The normalized spacial score (nSPS) is 26.5. The molecule has 1 saturated heterocycles.